The van der Waals surface area contributed by atoms with Crippen LogP contribution in [0.15, 0.2) is 36.5 Å². The van der Waals surface area contributed by atoms with Crippen LogP contribution in [0, 0.1) is 0 Å². The minimum absolute atomic E-state index is 0.163. The smallest absolute Gasteiger partial charge is 0.406 e. The third kappa shape index (κ3) is 6.86. The third-order valence-electron chi connectivity index (χ3n) is 7.73. The van der Waals surface area contributed by atoms with Crippen molar-refractivity contribution in [2.45, 2.75) is 63.4 Å². The Morgan fingerprint density at radius 1 is 0.921 bits per heavy atom. The van der Waals surface area contributed by atoms with Crippen molar-refractivity contribution in [3.05, 3.63) is 42.1 Å². The van der Waals surface area contributed by atoms with Gasteiger partial charge in [-0.05, 0) is 62.4 Å². The van der Waals surface area contributed by atoms with Gasteiger partial charge in [0.1, 0.15) is 11.6 Å². The normalized spacial score (nSPS) is 21.8. The molecule has 4 heterocycles. The molecule has 1 N–H and O–H groups in total. The number of ether oxygens (including phenoxy) is 1. The summed E-state index contributed by atoms with van der Waals surface area (Å²) in [6, 6.07) is 7.81. The van der Waals surface area contributed by atoms with E-state index >= 15 is 0 Å². The van der Waals surface area contributed by atoms with Gasteiger partial charge in [0.05, 0.1) is 0 Å². The zero-order valence-electron chi connectivity index (χ0n) is 21.5. The number of nitrogens with zero attached hydrogens (tertiary/aromatic N) is 5. The first-order chi connectivity index (χ1) is 18.3. The van der Waals surface area contributed by atoms with Crippen molar-refractivity contribution < 1.29 is 22.7 Å². The molecule has 0 aliphatic carbocycles. The lowest BCUT2D eigenvalue weighted by atomic mass is 10.0. The molecule has 1 aromatic carbocycles. The molecule has 2 aromatic rings. The highest BCUT2D eigenvalue weighted by Gasteiger charge is 2.33. The topological polar surface area (TPSA) is 73.8 Å². The molecule has 0 bridgehead atoms. The average Bonchev–Trinajstić information content (AvgIpc) is 3.19. The number of hydrogen-bond acceptors (Lipinski definition) is 7. The van der Waals surface area contributed by atoms with Gasteiger partial charge in [0.25, 0.3) is 5.91 Å². The second kappa shape index (κ2) is 11.8. The fraction of sp³-hybridized carbons (Fsp3) is 0.593. The van der Waals surface area contributed by atoms with Crippen LogP contribution in [0.4, 0.5) is 24.9 Å². The molecular weight excluding hydrogens is 497 g/mol. The molecule has 38 heavy (non-hydrogen) atoms. The van der Waals surface area contributed by atoms with Crippen molar-refractivity contribution in [2.75, 3.05) is 49.5 Å². The minimum atomic E-state index is -4.75. The predicted molar refractivity (Wildman–Crippen MR) is 138 cm³/mol. The summed E-state index contributed by atoms with van der Waals surface area (Å²) in [5.74, 6) is 1.19. The molecule has 206 valence electrons. The standard InChI is InChI=1S/C27H35F3N6O2/c28-27(29,30)38-23-7-5-20(6-8-23)25(37)35-17-11-22(12-18-35)36-16-10-21(19-36)32-26-31-13-9-24(33-26)34-14-3-1-2-4-15-34/h5-9,13,21-22H,1-4,10-12,14-19H2,(H,31,32,33). The van der Waals surface area contributed by atoms with Crippen LogP contribution < -0.4 is 15.0 Å². The van der Waals surface area contributed by atoms with Crippen LogP contribution in [-0.2, 0) is 0 Å². The van der Waals surface area contributed by atoms with Crippen LogP contribution in [0.5, 0.6) is 5.75 Å². The van der Waals surface area contributed by atoms with Crippen LogP contribution >= 0.6 is 0 Å². The van der Waals surface area contributed by atoms with Gasteiger partial charge in [0.15, 0.2) is 0 Å². The van der Waals surface area contributed by atoms with Crippen molar-refractivity contribution in [3.8, 4) is 5.75 Å². The van der Waals surface area contributed by atoms with E-state index in [0.717, 1.165) is 51.3 Å². The molecule has 1 aromatic heterocycles. The molecule has 0 saturated carbocycles. The van der Waals surface area contributed by atoms with E-state index in [2.05, 4.69) is 24.8 Å². The van der Waals surface area contributed by atoms with Crippen LogP contribution in [0.2, 0.25) is 0 Å². The van der Waals surface area contributed by atoms with Crippen LogP contribution in [-0.4, -0.2) is 83.4 Å². The Balaban J connectivity index is 1.09. The summed E-state index contributed by atoms with van der Waals surface area (Å²) in [6.07, 6.45) is 4.83. The lowest BCUT2D eigenvalue weighted by Gasteiger charge is -2.36. The Morgan fingerprint density at radius 3 is 2.32 bits per heavy atom. The molecular formula is C27H35F3N6O2. The highest BCUT2D eigenvalue weighted by Crippen LogP contribution is 2.26. The molecule has 8 nitrogen and oxygen atoms in total. The third-order valence-corrected chi connectivity index (χ3v) is 7.73. The van der Waals surface area contributed by atoms with Gasteiger partial charge >= 0.3 is 6.36 Å². The van der Waals surface area contributed by atoms with E-state index in [0.29, 0.717) is 30.6 Å². The van der Waals surface area contributed by atoms with E-state index in [9.17, 15) is 18.0 Å². The number of carbonyl (C=O) groups is 1. The molecule has 1 unspecified atom stereocenters. The zero-order valence-corrected chi connectivity index (χ0v) is 21.5. The zero-order chi connectivity index (χ0) is 26.5. The Bertz CT molecular complexity index is 1070. The maximum Gasteiger partial charge on any atom is 0.573 e. The number of piperidine rings is 1. The molecule has 3 saturated heterocycles. The van der Waals surface area contributed by atoms with Gasteiger partial charge in [-0.25, -0.2) is 4.98 Å². The summed E-state index contributed by atoms with van der Waals surface area (Å²) in [5, 5.41) is 3.54. The van der Waals surface area contributed by atoms with Gasteiger partial charge < -0.3 is 19.9 Å². The molecule has 11 heteroatoms. The monoisotopic (exact) mass is 532 g/mol. The SMILES string of the molecule is O=C(c1ccc(OC(F)(F)F)cc1)N1CCC(N2CCC(Nc3nccc(N4CCCCCC4)n3)C2)CC1. The van der Waals surface area contributed by atoms with Gasteiger partial charge in [-0.3, -0.25) is 9.69 Å². The number of nitrogens with one attached hydrogen (secondary N) is 1. The summed E-state index contributed by atoms with van der Waals surface area (Å²) in [5.41, 5.74) is 0.366. The molecule has 3 aliphatic heterocycles. The quantitative estimate of drug-likeness (QED) is 0.585. The molecule has 3 aliphatic rings. The summed E-state index contributed by atoms with van der Waals surface area (Å²) < 4.78 is 41.0. The molecule has 0 radical (unpaired) electrons. The Morgan fingerprint density at radius 2 is 1.63 bits per heavy atom. The van der Waals surface area contributed by atoms with Gasteiger partial charge in [0, 0.05) is 63.1 Å². The first kappa shape index (κ1) is 26.5. The number of rotatable bonds is 6. The summed E-state index contributed by atoms with van der Waals surface area (Å²) >= 11 is 0. The Hall–Kier alpha value is -3.08. The van der Waals surface area contributed by atoms with Crippen LogP contribution in [0.1, 0.15) is 55.3 Å². The number of benzene rings is 1. The maximum atomic E-state index is 12.9. The van der Waals surface area contributed by atoms with E-state index in [1.165, 1.54) is 49.9 Å². The van der Waals surface area contributed by atoms with E-state index in [-0.39, 0.29) is 17.7 Å². The van der Waals surface area contributed by atoms with E-state index < -0.39 is 6.36 Å². The number of hydrogen-bond donors (Lipinski definition) is 1. The molecule has 1 amide bonds. The van der Waals surface area contributed by atoms with Crippen molar-refractivity contribution in [2.24, 2.45) is 0 Å². The minimum Gasteiger partial charge on any atom is -0.406 e. The lowest BCUT2D eigenvalue weighted by Crippen LogP contribution is -2.46. The van der Waals surface area contributed by atoms with Crippen LogP contribution in [0.3, 0.4) is 0 Å². The maximum absolute atomic E-state index is 12.9. The highest BCUT2D eigenvalue weighted by atomic mass is 19.4. The van der Waals surface area contributed by atoms with Gasteiger partial charge in [-0.1, -0.05) is 12.8 Å². The Kier molecular flexibility index (Phi) is 8.21. The molecule has 3 fully saturated rings. The number of likely N-dealkylation sites (tertiary alicyclic amines) is 2. The lowest BCUT2D eigenvalue weighted by molar-refractivity contribution is -0.274. The summed E-state index contributed by atoms with van der Waals surface area (Å²) in [6.45, 7) is 5.25. The van der Waals surface area contributed by atoms with E-state index in [1.54, 1.807) is 4.90 Å². The summed E-state index contributed by atoms with van der Waals surface area (Å²) in [4.78, 5) is 28.8. The molecule has 0 spiro atoms. The number of halogens is 3. The highest BCUT2D eigenvalue weighted by molar-refractivity contribution is 5.94. The number of alkyl halides is 3. The van der Waals surface area contributed by atoms with Gasteiger partial charge in [-0.2, -0.15) is 4.98 Å². The van der Waals surface area contributed by atoms with E-state index in [1.807, 2.05) is 12.3 Å². The number of anilines is 2. The Labute approximate surface area is 221 Å². The first-order valence-electron chi connectivity index (χ1n) is 13.6. The van der Waals surface area contributed by atoms with Crippen molar-refractivity contribution >= 4 is 17.7 Å². The number of carbonyl (C=O) groups excluding carboxylic acids is 1. The van der Waals surface area contributed by atoms with Crippen molar-refractivity contribution in [1.82, 2.24) is 19.8 Å². The predicted octanol–water partition coefficient (Wildman–Crippen LogP) is 4.55. The second-order valence-corrected chi connectivity index (χ2v) is 10.4. The van der Waals surface area contributed by atoms with Crippen LogP contribution in [0.25, 0.3) is 0 Å². The number of amides is 1. The summed E-state index contributed by atoms with van der Waals surface area (Å²) in [7, 11) is 0. The number of aromatic nitrogens is 2. The second-order valence-electron chi connectivity index (χ2n) is 10.4. The van der Waals surface area contributed by atoms with Gasteiger partial charge in [0.2, 0.25) is 5.95 Å². The first-order valence-corrected chi connectivity index (χ1v) is 13.6. The molecule has 1 atom stereocenters. The fourth-order valence-corrected chi connectivity index (χ4v) is 5.73. The van der Waals surface area contributed by atoms with Crippen molar-refractivity contribution in [1.29, 1.82) is 0 Å². The average molecular weight is 533 g/mol. The fourth-order valence-electron chi connectivity index (χ4n) is 5.73. The van der Waals surface area contributed by atoms with Gasteiger partial charge in [-0.15, -0.1) is 13.2 Å². The largest absolute Gasteiger partial charge is 0.573 e. The van der Waals surface area contributed by atoms with Crippen molar-refractivity contribution in [3.63, 3.8) is 0 Å². The van der Waals surface area contributed by atoms with E-state index in [4.69, 9.17) is 4.98 Å². The molecule has 5 rings (SSSR count).